The molecule has 1 aromatic carbocycles. The summed E-state index contributed by atoms with van der Waals surface area (Å²) < 4.78 is 0. The normalized spacial score (nSPS) is 11.3. The Morgan fingerprint density at radius 2 is 2.38 bits per heavy atom. The number of rotatable bonds is 3. The quantitative estimate of drug-likeness (QED) is 0.635. The average molecular weight is 237 g/mol. The lowest BCUT2D eigenvalue weighted by Crippen LogP contribution is -1.90. The summed E-state index contributed by atoms with van der Waals surface area (Å²) in [5.74, 6) is -0.691. The zero-order valence-electron chi connectivity index (χ0n) is 8.27. The number of carboxylic acids is 1. The van der Waals surface area contributed by atoms with Gasteiger partial charge < -0.3 is 10.1 Å². The highest BCUT2D eigenvalue weighted by Crippen LogP contribution is 2.22. The molecule has 0 bridgehead atoms. The Balaban J connectivity index is 2.56. The van der Waals surface area contributed by atoms with Crippen LogP contribution in [0.2, 0.25) is 0 Å². The second kappa shape index (κ2) is 4.37. The van der Waals surface area contributed by atoms with Crippen molar-refractivity contribution in [1.82, 2.24) is 9.97 Å². The van der Waals surface area contributed by atoms with Gasteiger partial charge in [0.1, 0.15) is 0 Å². The minimum Gasteiger partial charge on any atom is -0.478 e. The second-order valence-corrected chi connectivity index (χ2v) is 3.50. The molecule has 0 spiro atoms. The van der Waals surface area contributed by atoms with Crippen LogP contribution in [0, 0.1) is 0 Å². The highest BCUT2D eigenvalue weighted by Gasteiger charge is 2.06. The summed E-state index contributed by atoms with van der Waals surface area (Å²) in [6.07, 6.45) is 4.20. The number of carbonyl (C=O) groups is 1. The predicted octanol–water partition coefficient (Wildman–Crippen LogP) is 2.40. The molecule has 4 nitrogen and oxygen atoms in total. The van der Waals surface area contributed by atoms with Crippen LogP contribution in [-0.2, 0) is 10.7 Å². The number of fused-ring (bicyclic) bond motifs is 1. The van der Waals surface area contributed by atoms with E-state index in [1.165, 1.54) is 6.08 Å². The van der Waals surface area contributed by atoms with Crippen molar-refractivity contribution in [1.29, 1.82) is 0 Å². The maximum absolute atomic E-state index is 10.4. The van der Waals surface area contributed by atoms with Crippen LogP contribution in [0.25, 0.3) is 17.1 Å². The number of hydrogen-bond acceptors (Lipinski definition) is 2. The highest BCUT2D eigenvalue weighted by molar-refractivity contribution is 6.18. The fourth-order valence-electron chi connectivity index (χ4n) is 1.54. The number of benzene rings is 1. The first-order valence-electron chi connectivity index (χ1n) is 4.64. The van der Waals surface area contributed by atoms with Gasteiger partial charge in [-0.05, 0) is 17.7 Å². The van der Waals surface area contributed by atoms with E-state index in [-0.39, 0.29) is 0 Å². The maximum atomic E-state index is 10.4. The Morgan fingerprint density at radius 1 is 1.56 bits per heavy atom. The molecule has 0 saturated heterocycles. The molecule has 2 rings (SSSR count). The first kappa shape index (κ1) is 10.7. The molecular weight excluding hydrogens is 228 g/mol. The number of H-pyrrole nitrogens is 1. The average Bonchev–Trinajstić information content (AvgIpc) is 2.73. The SMILES string of the molecule is O=C(O)/C=C/c1ccc2[nH]cnc2c1CCl. The fourth-order valence-corrected chi connectivity index (χ4v) is 1.82. The van der Waals surface area contributed by atoms with Gasteiger partial charge in [-0.15, -0.1) is 11.6 Å². The molecule has 0 atom stereocenters. The van der Waals surface area contributed by atoms with E-state index in [2.05, 4.69) is 9.97 Å². The minimum atomic E-state index is -0.984. The number of halogens is 1. The van der Waals surface area contributed by atoms with Crippen molar-refractivity contribution in [2.24, 2.45) is 0 Å². The van der Waals surface area contributed by atoms with Crippen LogP contribution in [0.1, 0.15) is 11.1 Å². The Bertz CT molecular complexity index is 560. The van der Waals surface area contributed by atoms with E-state index >= 15 is 0 Å². The third kappa shape index (κ3) is 1.92. The third-order valence-electron chi connectivity index (χ3n) is 2.27. The van der Waals surface area contributed by atoms with Crippen molar-refractivity contribution in [2.45, 2.75) is 5.88 Å². The van der Waals surface area contributed by atoms with Crippen LogP contribution in [0.5, 0.6) is 0 Å². The number of alkyl halides is 1. The first-order chi connectivity index (χ1) is 7.72. The van der Waals surface area contributed by atoms with Crippen molar-refractivity contribution < 1.29 is 9.90 Å². The Kier molecular flexibility index (Phi) is 2.92. The number of nitrogens with one attached hydrogen (secondary N) is 1. The summed E-state index contributed by atoms with van der Waals surface area (Å²) in [5.41, 5.74) is 3.28. The van der Waals surface area contributed by atoms with Crippen LogP contribution in [0.4, 0.5) is 0 Å². The Hall–Kier alpha value is -1.81. The van der Waals surface area contributed by atoms with Crippen LogP contribution in [0.15, 0.2) is 24.5 Å². The van der Waals surface area contributed by atoms with Crippen molar-refractivity contribution in [3.8, 4) is 0 Å². The molecule has 0 aliphatic heterocycles. The van der Waals surface area contributed by atoms with Crippen molar-refractivity contribution >= 4 is 34.7 Å². The molecule has 0 radical (unpaired) electrons. The zero-order valence-corrected chi connectivity index (χ0v) is 9.03. The second-order valence-electron chi connectivity index (χ2n) is 3.24. The van der Waals surface area contributed by atoms with Gasteiger partial charge >= 0.3 is 5.97 Å². The summed E-state index contributed by atoms with van der Waals surface area (Å²) in [5, 5.41) is 8.57. The molecule has 5 heteroatoms. The van der Waals surface area contributed by atoms with Gasteiger partial charge in [0, 0.05) is 11.6 Å². The van der Waals surface area contributed by atoms with E-state index in [1.54, 1.807) is 6.33 Å². The molecule has 1 heterocycles. The molecule has 2 aromatic rings. The summed E-state index contributed by atoms with van der Waals surface area (Å²) >= 11 is 5.85. The molecule has 1 aromatic heterocycles. The maximum Gasteiger partial charge on any atom is 0.328 e. The van der Waals surface area contributed by atoms with Crippen molar-refractivity contribution in [3.63, 3.8) is 0 Å². The fraction of sp³-hybridized carbons (Fsp3) is 0.0909. The number of aromatic amines is 1. The first-order valence-corrected chi connectivity index (χ1v) is 5.17. The molecule has 2 N–H and O–H groups in total. The number of aliphatic carboxylic acids is 1. The standard InChI is InChI=1S/C11H9ClN2O2/c12-5-8-7(2-4-10(15)16)1-3-9-11(8)14-6-13-9/h1-4,6H,5H2,(H,13,14)(H,15,16)/b4-2+. The molecular formula is C11H9ClN2O2. The molecule has 82 valence electrons. The van der Waals surface area contributed by atoms with Crippen LogP contribution >= 0.6 is 11.6 Å². The minimum absolute atomic E-state index is 0.293. The number of imidazole rings is 1. The number of nitrogens with zero attached hydrogens (tertiary/aromatic N) is 1. The van der Waals surface area contributed by atoms with Gasteiger partial charge in [-0.25, -0.2) is 9.78 Å². The summed E-state index contributed by atoms with van der Waals surface area (Å²) in [6.45, 7) is 0. The van der Waals surface area contributed by atoms with Crippen LogP contribution in [0.3, 0.4) is 0 Å². The molecule has 0 aliphatic carbocycles. The van der Waals surface area contributed by atoms with Crippen LogP contribution < -0.4 is 0 Å². The largest absolute Gasteiger partial charge is 0.478 e. The molecule has 0 unspecified atom stereocenters. The lowest BCUT2D eigenvalue weighted by Gasteiger charge is -2.02. The van der Waals surface area contributed by atoms with Gasteiger partial charge in [-0.1, -0.05) is 6.07 Å². The monoisotopic (exact) mass is 236 g/mol. The van der Waals surface area contributed by atoms with Gasteiger partial charge in [-0.3, -0.25) is 0 Å². The molecule has 0 aliphatic rings. The summed E-state index contributed by atoms with van der Waals surface area (Å²) in [7, 11) is 0. The highest BCUT2D eigenvalue weighted by atomic mass is 35.5. The zero-order chi connectivity index (χ0) is 11.5. The van der Waals surface area contributed by atoms with Gasteiger partial charge in [-0.2, -0.15) is 0 Å². The Labute approximate surface area is 96.6 Å². The Morgan fingerprint density at radius 3 is 3.06 bits per heavy atom. The molecule has 0 saturated carbocycles. The lowest BCUT2D eigenvalue weighted by molar-refractivity contribution is -0.131. The van der Waals surface area contributed by atoms with E-state index in [0.717, 1.165) is 28.2 Å². The van der Waals surface area contributed by atoms with Gasteiger partial charge in [0.25, 0.3) is 0 Å². The van der Waals surface area contributed by atoms with E-state index in [9.17, 15) is 4.79 Å². The molecule has 0 fully saturated rings. The van der Waals surface area contributed by atoms with E-state index in [4.69, 9.17) is 16.7 Å². The topological polar surface area (TPSA) is 66.0 Å². The van der Waals surface area contributed by atoms with E-state index < -0.39 is 5.97 Å². The molecule has 0 amide bonds. The smallest absolute Gasteiger partial charge is 0.328 e. The van der Waals surface area contributed by atoms with E-state index in [0.29, 0.717) is 5.88 Å². The number of carboxylic acid groups (broad SMARTS) is 1. The van der Waals surface area contributed by atoms with Gasteiger partial charge in [0.15, 0.2) is 0 Å². The summed E-state index contributed by atoms with van der Waals surface area (Å²) in [6, 6.07) is 3.66. The molecule has 16 heavy (non-hydrogen) atoms. The number of aromatic nitrogens is 2. The number of hydrogen-bond donors (Lipinski definition) is 2. The van der Waals surface area contributed by atoms with E-state index in [1.807, 2.05) is 12.1 Å². The predicted molar refractivity (Wildman–Crippen MR) is 62.3 cm³/mol. The summed E-state index contributed by atoms with van der Waals surface area (Å²) in [4.78, 5) is 17.6. The van der Waals surface area contributed by atoms with Crippen molar-refractivity contribution in [3.05, 3.63) is 35.7 Å². The third-order valence-corrected chi connectivity index (χ3v) is 2.54. The lowest BCUT2D eigenvalue weighted by atomic mass is 10.1. The van der Waals surface area contributed by atoms with Gasteiger partial charge in [0.05, 0.1) is 23.2 Å². The van der Waals surface area contributed by atoms with Crippen LogP contribution in [-0.4, -0.2) is 21.0 Å². The van der Waals surface area contributed by atoms with Gasteiger partial charge in [0.2, 0.25) is 0 Å². The van der Waals surface area contributed by atoms with Crippen molar-refractivity contribution in [2.75, 3.05) is 0 Å².